The topological polar surface area (TPSA) is 62.2 Å². The Bertz CT molecular complexity index is 619. The molecule has 0 radical (unpaired) electrons. The molecule has 1 aromatic heterocycles. The molecule has 0 aliphatic rings. The Balaban J connectivity index is 2.12. The molecule has 0 saturated carbocycles. The van der Waals surface area contributed by atoms with Crippen molar-refractivity contribution in [3.8, 4) is 0 Å². The average Bonchev–Trinajstić information content (AvgIpc) is 2.40. The maximum Gasteiger partial charge on any atom is 0.354 e. The number of aromatic carboxylic acids is 1. The zero-order valence-corrected chi connectivity index (χ0v) is 12.1. The summed E-state index contributed by atoms with van der Waals surface area (Å²) in [5.74, 6) is -1.04. The van der Waals surface area contributed by atoms with E-state index in [2.05, 4.69) is 26.2 Å². The van der Waals surface area contributed by atoms with Crippen molar-refractivity contribution in [3.63, 3.8) is 0 Å². The lowest BCUT2D eigenvalue weighted by molar-refractivity contribution is 0.0690. The van der Waals surface area contributed by atoms with Crippen LogP contribution in [0.3, 0.4) is 0 Å². The fourth-order valence-corrected chi connectivity index (χ4v) is 2.07. The number of rotatable bonds is 4. The highest BCUT2D eigenvalue weighted by Crippen LogP contribution is 2.26. The zero-order valence-electron chi connectivity index (χ0n) is 9.73. The lowest BCUT2D eigenvalue weighted by Gasteiger charge is -2.09. The van der Waals surface area contributed by atoms with Gasteiger partial charge >= 0.3 is 5.97 Å². The van der Waals surface area contributed by atoms with E-state index < -0.39 is 5.97 Å². The molecule has 6 heteroatoms. The van der Waals surface area contributed by atoms with Gasteiger partial charge in [0.05, 0.1) is 17.9 Å². The molecular weight excluding hydrogens is 332 g/mol. The number of pyridine rings is 1. The van der Waals surface area contributed by atoms with Crippen molar-refractivity contribution in [2.75, 3.05) is 5.32 Å². The van der Waals surface area contributed by atoms with Crippen molar-refractivity contribution in [1.29, 1.82) is 0 Å². The van der Waals surface area contributed by atoms with Crippen LogP contribution in [0.4, 0.5) is 5.69 Å². The van der Waals surface area contributed by atoms with Crippen LogP contribution in [-0.2, 0) is 6.54 Å². The van der Waals surface area contributed by atoms with Crippen LogP contribution in [-0.4, -0.2) is 16.1 Å². The highest BCUT2D eigenvalue weighted by Gasteiger charge is 2.06. The summed E-state index contributed by atoms with van der Waals surface area (Å²) < 4.78 is 0.881. The van der Waals surface area contributed by atoms with Gasteiger partial charge in [0.1, 0.15) is 5.69 Å². The monoisotopic (exact) mass is 340 g/mol. The molecule has 98 valence electrons. The lowest BCUT2D eigenvalue weighted by Crippen LogP contribution is -2.06. The largest absolute Gasteiger partial charge is 0.477 e. The van der Waals surface area contributed by atoms with Crippen LogP contribution >= 0.6 is 27.5 Å². The molecule has 0 aliphatic heterocycles. The molecule has 0 aliphatic carbocycles. The number of nitrogens with one attached hydrogen (secondary N) is 1. The number of halogens is 2. The Labute approximate surface area is 123 Å². The minimum atomic E-state index is -1.04. The Morgan fingerprint density at radius 2 is 2.16 bits per heavy atom. The van der Waals surface area contributed by atoms with Crippen molar-refractivity contribution >= 4 is 39.2 Å². The minimum absolute atomic E-state index is 0.0319. The zero-order chi connectivity index (χ0) is 13.8. The average molecular weight is 342 g/mol. The summed E-state index contributed by atoms with van der Waals surface area (Å²) >= 11 is 9.32. The Morgan fingerprint density at radius 1 is 1.37 bits per heavy atom. The third kappa shape index (κ3) is 3.68. The fraction of sp³-hybridized carbons (Fsp3) is 0.0769. The second-order valence-electron chi connectivity index (χ2n) is 3.80. The number of benzene rings is 1. The quantitative estimate of drug-likeness (QED) is 0.888. The molecule has 4 nitrogen and oxygen atoms in total. The maximum atomic E-state index is 10.8. The smallest absolute Gasteiger partial charge is 0.354 e. The molecule has 0 fully saturated rings. The van der Waals surface area contributed by atoms with Crippen molar-refractivity contribution in [1.82, 2.24) is 4.98 Å². The van der Waals surface area contributed by atoms with Gasteiger partial charge < -0.3 is 10.4 Å². The van der Waals surface area contributed by atoms with Crippen molar-refractivity contribution in [2.24, 2.45) is 0 Å². The van der Waals surface area contributed by atoms with E-state index in [1.807, 2.05) is 6.07 Å². The first-order valence-corrected chi connectivity index (χ1v) is 6.61. The van der Waals surface area contributed by atoms with Crippen molar-refractivity contribution in [2.45, 2.75) is 6.54 Å². The van der Waals surface area contributed by atoms with E-state index in [-0.39, 0.29) is 5.69 Å². The summed E-state index contributed by atoms with van der Waals surface area (Å²) in [6.45, 7) is 0.417. The summed E-state index contributed by atoms with van der Waals surface area (Å²) in [5, 5.41) is 12.6. The van der Waals surface area contributed by atoms with Gasteiger partial charge in [0.15, 0.2) is 0 Å². The van der Waals surface area contributed by atoms with E-state index in [4.69, 9.17) is 16.7 Å². The second-order valence-corrected chi connectivity index (χ2v) is 5.09. The van der Waals surface area contributed by atoms with Crippen LogP contribution in [0.25, 0.3) is 0 Å². The summed E-state index contributed by atoms with van der Waals surface area (Å²) in [6, 6.07) is 10.3. The molecule has 0 spiro atoms. The third-order valence-corrected chi connectivity index (χ3v) is 3.34. The maximum absolute atomic E-state index is 10.8. The van der Waals surface area contributed by atoms with Crippen LogP contribution in [0, 0.1) is 0 Å². The molecule has 19 heavy (non-hydrogen) atoms. The highest BCUT2D eigenvalue weighted by atomic mass is 79.9. The van der Waals surface area contributed by atoms with Crippen LogP contribution in [0.5, 0.6) is 0 Å². The van der Waals surface area contributed by atoms with Gasteiger partial charge in [-0.1, -0.05) is 17.7 Å². The molecule has 1 heterocycles. The molecule has 0 atom stereocenters. The molecule has 0 unspecified atom stereocenters. The van der Waals surface area contributed by atoms with Gasteiger partial charge in [-0.15, -0.1) is 0 Å². The van der Waals surface area contributed by atoms with Crippen LogP contribution < -0.4 is 5.32 Å². The Morgan fingerprint density at radius 3 is 2.89 bits per heavy atom. The number of carboxylic acid groups (broad SMARTS) is 1. The first kappa shape index (κ1) is 13.8. The molecule has 1 aromatic carbocycles. The number of carbonyl (C=O) groups is 1. The van der Waals surface area contributed by atoms with Gasteiger partial charge in [0.2, 0.25) is 0 Å². The van der Waals surface area contributed by atoms with Gasteiger partial charge in [0.25, 0.3) is 0 Å². The van der Waals surface area contributed by atoms with Crippen molar-refractivity contribution in [3.05, 3.63) is 57.3 Å². The third-order valence-electron chi connectivity index (χ3n) is 2.41. The number of aromatic nitrogens is 1. The predicted molar refractivity (Wildman–Crippen MR) is 77.7 cm³/mol. The molecule has 0 saturated heterocycles. The van der Waals surface area contributed by atoms with E-state index in [1.165, 1.54) is 6.07 Å². The van der Waals surface area contributed by atoms with Gasteiger partial charge in [-0.05, 0) is 46.3 Å². The number of hydrogen-bond donors (Lipinski definition) is 2. The van der Waals surface area contributed by atoms with Crippen LogP contribution in [0.2, 0.25) is 5.02 Å². The Kier molecular flexibility index (Phi) is 4.39. The van der Waals surface area contributed by atoms with Crippen molar-refractivity contribution < 1.29 is 9.90 Å². The summed E-state index contributed by atoms with van der Waals surface area (Å²) in [5.41, 5.74) is 1.51. The summed E-state index contributed by atoms with van der Waals surface area (Å²) in [4.78, 5) is 14.8. The number of nitrogens with zero attached hydrogens (tertiary/aromatic N) is 1. The van der Waals surface area contributed by atoms with Gasteiger partial charge in [-0.3, -0.25) is 0 Å². The highest BCUT2D eigenvalue weighted by molar-refractivity contribution is 9.10. The summed E-state index contributed by atoms with van der Waals surface area (Å²) in [6.07, 6.45) is 0. The SMILES string of the molecule is O=C(O)c1cccc(CNc2cc(Cl)ccc2Br)n1. The molecule has 0 amide bonds. The normalized spacial score (nSPS) is 10.2. The number of hydrogen-bond acceptors (Lipinski definition) is 3. The number of carboxylic acids is 1. The van der Waals surface area contributed by atoms with E-state index in [0.717, 1.165) is 10.2 Å². The first-order chi connectivity index (χ1) is 9.06. The van der Waals surface area contributed by atoms with E-state index in [9.17, 15) is 4.79 Å². The number of anilines is 1. The lowest BCUT2D eigenvalue weighted by atomic mass is 10.2. The van der Waals surface area contributed by atoms with E-state index in [0.29, 0.717) is 17.3 Å². The molecule has 2 rings (SSSR count). The predicted octanol–water partition coefficient (Wildman–Crippen LogP) is 3.81. The molecule has 0 bridgehead atoms. The van der Waals surface area contributed by atoms with Gasteiger partial charge in [0, 0.05) is 9.50 Å². The van der Waals surface area contributed by atoms with Crippen LogP contribution in [0.15, 0.2) is 40.9 Å². The van der Waals surface area contributed by atoms with Gasteiger partial charge in [-0.2, -0.15) is 0 Å². The fourth-order valence-electron chi connectivity index (χ4n) is 1.52. The van der Waals surface area contributed by atoms with E-state index >= 15 is 0 Å². The Hall–Kier alpha value is -1.59. The second kappa shape index (κ2) is 6.04. The first-order valence-electron chi connectivity index (χ1n) is 5.44. The van der Waals surface area contributed by atoms with E-state index in [1.54, 1.807) is 24.3 Å². The standard InChI is InChI=1S/C13H10BrClN2O2/c14-10-5-4-8(15)6-12(10)16-7-9-2-1-3-11(17-9)13(18)19/h1-6,16H,7H2,(H,18,19). The molecular formula is C13H10BrClN2O2. The minimum Gasteiger partial charge on any atom is -0.477 e. The van der Waals surface area contributed by atoms with Crippen LogP contribution in [0.1, 0.15) is 16.2 Å². The molecule has 2 N–H and O–H groups in total. The molecule has 2 aromatic rings. The summed E-state index contributed by atoms with van der Waals surface area (Å²) in [7, 11) is 0. The van der Waals surface area contributed by atoms with Gasteiger partial charge in [-0.25, -0.2) is 9.78 Å².